The van der Waals surface area contributed by atoms with Crippen molar-refractivity contribution in [2.24, 2.45) is 12.5 Å². The van der Waals surface area contributed by atoms with Crippen molar-refractivity contribution >= 4 is 11.0 Å². The number of nitrogens with zero attached hydrogens (tertiary/aromatic N) is 2. The second-order valence-corrected chi connectivity index (χ2v) is 9.42. The number of fused-ring (bicyclic) bond motifs is 1. The number of piperidine rings is 1. The Morgan fingerprint density at radius 3 is 2.71 bits per heavy atom. The number of hydrogen-bond acceptors (Lipinski definition) is 3. The van der Waals surface area contributed by atoms with Gasteiger partial charge in [0.2, 0.25) is 0 Å². The van der Waals surface area contributed by atoms with Gasteiger partial charge in [-0.2, -0.15) is 5.10 Å². The lowest BCUT2D eigenvalue weighted by Crippen LogP contribution is -2.46. The summed E-state index contributed by atoms with van der Waals surface area (Å²) < 4.78 is 17.7. The van der Waals surface area contributed by atoms with Crippen molar-refractivity contribution in [3.8, 4) is 0 Å². The molecule has 2 N–H and O–H groups in total. The SMILES string of the molecule is Cn1cc2c(n1)CC1(CCNCC1)C2NS(=O)C(C)(C)C. The first-order valence-corrected chi connectivity index (χ1v) is 8.88. The third-order valence-corrected chi connectivity index (χ3v) is 6.32. The van der Waals surface area contributed by atoms with Gasteiger partial charge in [-0.25, -0.2) is 8.93 Å². The van der Waals surface area contributed by atoms with Crippen molar-refractivity contribution in [2.75, 3.05) is 13.1 Å². The summed E-state index contributed by atoms with van der Waals surface area (Å²) in [6.07, 6.45) is 5.34. The molecular formula is C15H26N4OS. The van der Waals surface area contributed by atoms with Crippen LogP contribution in [0.25, 0.3) is 0 Å². The van der Waals surface area contributed by atoms with Crippen LogP contribution in [0.4, 0.5) is 0 Å². The van der Waals surface area contributed by atoms with E-state index in [1.54, 1.807) is 0 Å². The second kappa shape index (κ2) is 5.18. The van der Waals surface area contributed by atoms with Crippen molar-refractivity contribution < 1.29 is 4.21 Å². The van der Waals surface area contributed by atoms with Gasteiger partial charge in [0.15, 0.2) is 0 Å². The van der Waals surface area contributed by atoms with Crippen LogP contribution < -0.4 is 10.0 Å². The molecule has 0 amide bonds. The third-order valence-electron chi connectivity index (χ3n) is 4.76. The quantitative estimate of drug-likeness (QED) is 0.869. The highest BCUT2D eigenvalue weighted by atomic mass is 32.2. The maximum atomic E-state index is 12.6. The van der Waals surface area contributed by atoms with Gasteiger partial charge in [-0.05, 0) is 58.5 Å². The molecule has 21 heavy (non-hydrogen) atoms. The number of aryl methyl sites for hydroxylation is 1. The molecule has 1 spiro atoms. The van der Waals surface area contributed by atoms with Gasteiger partial charge in [0.25, 0.3) is 0 Å². The zero-order chi connectivity index (χ0) is 15.3. The molecule has 3 rings (SSSR count). The Labute approximate surface area is 129 Å². The molecule has 0 aromatic carbocycles. The highest BCUT2D eigenvalue weighted by Crippen LogP contribution is 2.51. The molecule has 1 aromatic rings. The first-order valence-electron chi connectivity index (χ1n) is 7.73. The fourth-order valence-corrected chi connectivity index (χ4v) is 4.50. The fourth-order valence-electron chi connectivity index (χ4n) is 3.56. The van der Waals surface area contributed by atoms with Gasteiger partial charge in [-0.1, -0.05) is 0 Å². The van der Waals surface area contributed by atoms with Gasteiger partial charge >= 0.3 is 0 Å². The highest BCUT2D eigenvalue weighted by molar-refractivity contribution is 7.84. The van der Waals surface area contributed by atoms with Crippen LogP contribution in [-0.4, -0.2) is 31.8 Å². The van der Waals surface area contributed by atoms with E-state index in [0.29, 0.717) is 0 Å². The molecule has 2 aliphatic rings. The molecule has 1 aliphatic heterocycles. The van der Waals surface area contributed by atoms with Gasteiger partial charge < -0.3 is 5.32 Å². The molecule has 1 aliphatic carbocycles. The Morgan fingerprint density at radius 1 is 1.43 bits per heavy atom. The molecular weight excluding hydrogens is 284 g/mol. The predicted molar refractivity (Wildman–Crippen MR) is 85.2 cm³/mol. The number of nitrogens with one attached hydrogen (secondary N) is 2. The number of aromatic nitrogens is 2. The Balaban J connectivity index is 1.92. The molecule has 1 aromatic heterocycles. The summed E-state index contributed by atoms with van der Waals surface area (Å²) in [5, 5.41) is 8.06. The third kappa shape index (κ3) is 2.69. The van der Waals surface area contributed by atoms with Crippen LogP contribution in [0.1, 0.15) is 50.9 Å². The van der Waals surface area contributed by atoms with Crippen molar-refractivity contribution in [3.05, 3.63) is 17.5 Å². The first-order chi connectivity index (χ1) is 9.82. The van der Waals surface area contributed by atoms with Gasteiger partial charge in [-0.3, -0.25) is 4.68 Å². The monoisotopic (exact) mass is 310 g/mol. The molecule has 5 nitrogen and oxygen atoms in total. The number of hydrogen-bond donors (Lipinski definition) is 2. The van der Waals surface area contributed by atoms with Crippen LogP contribution in [0, 0.1) is 5.41 Å². The molecule has 0 radical (unpaired) electrons. The topological polar surface area (TPSA) is 59.0 Å². The van der Waals surface area contributed by atoms with Crippen molar-refractivity contribution in [2.45, 2.75) is 50.8 Å². The highest BCUT2D eigenvalue weighted by Gasteiger charge is 2.49. The smallest absolute Gasteiger partial charge is 0.0976 e. The largest absolute Gasteiger partial charge is 0.317 e. The standard InChI is InChI=1S/C15H26N4OS/c1-14(2,3)21(20)18-13-11-10-19(4)17-12(11)9-15(13)5-7-16-8-6-15/h10,13,16,18H,5-9H2,1-4H3. The Bertz CT molecular complexity index is 555. The Morgan fingerprint density at radius 2 is 2.10 bits per heavy atom. The maximum Gasteiger partial charge on any atom is 0.0976 e. The van der Waals surface area contributed by atoms with Gasteiger partial charge in [-0.15, -0.1) is 0 Å². The molecule has 2 unspecified atom stereocenters. The van der Waals surface area contributed by atoms with Gasteiger partial charge in [0.05, 0.1) is 27.5 Å². The maximum absolute atomic E-state index is 12.6. The van der Waals surface area contributed by atoms with E-state index in [4.69, 9.17) is 0 Å². The van der Waals surface area contributed by atoms with Gasteiger partial charge in [0, 0.05) is 18.8 Å². The molecule has 0 saturated carbocycles. The summed E-state index contributed by atoms with van der Waals surface area (Å²) in [6, 6.07) is 0.156. The zero-order valence-electron chi connectivity index (χ0n) is 13.4. The van der Waals surface area contributed by atoms with Crippen molar-refractivity contribution in [3.63, 3.8) is 0 Å². The van der Waals surface area contributed by atoms with Crippen molar-refractivity contribution in [1.29, 1.82) is 0 Å². The molecule has 2 heterocycles. The van der Waals surface area contributed by atoms with Crippen LogP contribution in [-0.2, 0) is 24.5 Å². The van der Waals surface area contributed by atoms with E-state index in [1.165, 1.54) is 11.3 Å². The zero-order valence-corrected chi connectivity index (χ0v) is 14.2. The second-order valence-electron chi connectivity index (χ2n) is 7.43. The van der Waals surface area contributed by atoms with Crippen molar-refractivity contribution in [1.82, 2.24) is 19.8 Å². The van der Waals surface area contributed by atoms with E-state index in [1.807, 2.05) is 32.5 Å². The van der Waals surface area contributed by atoms with Crippen LogP contribution >= 0.6 is 0 Å². The number of rotatable bonds is 2. The van der Waals surface area contributed by atoms with E-state index < -0.39 is 11.0 Å². The summed E-state index contributed by atoms with van der Waals surface area (Å²) >= 11 is 0. The Kier molecular flexibility index (Phi) is 3.74. The van der Waals surface area contributed by atoms with Gasteiger partial charge in [0.1, 0.15) is 0 Å². The summed E-state index contributed by atoms with van der Waals surface area (Å²) in [5.41, 5.74) is 2.61. The average Bonchev–Trinajstić information content (AvgIpc) is 2.86. The Hall–Kier alpha value is -0.720. The van der Waals surface area contributed by atoms with Crippen LogP contribution in [0.3, 0.4) is 0 Å². The average molecular weight is 310 g/mol. The van der Waals surface area contributed by atoms with Crippen LogP contribution in [0.15, 0.2) is 6.20 Å². The summed E-state index contributed by atoms with van der Waals surface area (Å²) in [4.78, 5) is 0. The first kappa shape index (κ1) is 15.2. The molecule has 2 atom stereocenters. The minimum Gasteiger partial charge on any atom is -0.317 e. The van der Waals surface area contributed by atoms with E-state index in [0.717, 1.165) is 32.4 Å². The predicted octanol–water partition coefficient (Wildman–Crippen LogP) is 1.44. The van der Waals surface area contributed by atoms with E-state index >= 15 is 0 Å². The molecule has 1 fully saturated rings. The van der Waals surface area contributed by atoms with Crippen LogP contribution in [0.5, 0.6) is 0 Å². The lowest BCUT2D eigenvalue weighted by atomic mass is 9.74. The molecule has 6 heteroatoms. The van der Waals surface area contributed by atoms with Crippen LogP contribution in [0.2, 0.25) is 0 Å². The van der Waals surface area contributed by atoms with E-state index in [-0.39, 0.29) is 16.2 Å². The summed E-state index contributed by atoms with van der Waals surface area (Å²) in [6.45, 7) is 8.13. The van der Waals surface area contributed by atoms with E-state index in [2.05, 4.69) is 21.3 Å². The normalized spacial score (nSPS) is 26.0. The minimum atomic E-state index is -1.06. The molecule has 0 bridgehead atoms. The summed E-state index contributed by atoms with van der Waals surface area (Å²) in [5.74, 6) is 0. The fraction of sp³-hybridized carbons (Fsp3) is 0.800. The minimum absolute atomic E-state index is 0.156. The molecule has 118 valence electrons. The summed E-state index contributed by atoms with van der Waals surface area (Å²) in [7, 11) is 0.903. The molecule has 1 saturated heterocycles. The lowest BCUT2D eigenvalue weighted by molar-refractivity contribution is 0.162. The lowest BCUT2D eigenvalue weighted by Gasteiger charge is -2.40. The van der Waals surface area contributed by atoms with E-state index in [9.17, 15) is 4.21 Å².